The van der Waals surface area contributed by atoms with Crippen LogP contribution in [0.1, 0.15) is 115 Å². The highest BCUT2D eigenvalue weighted by Gasteiger charge is 2.65. The number of benzene rings is 3. The molecule has 0 radical (unpaired) electrons. The smallest absolute Gasteiger partial charge is 0.197 e. The van der Waals surface area contributed by atoms with E-state index in [1.165, 1.54) is 81.6 Å². The molecule has 51 heavy (non-hydrogen) atoms. The van der Waals surface area contributed by atoms with Gasteiger partial charge in [0.2, 0.25) is 11.4 Å². The first-order valence-electron chi connectivity index (χ1n) is 20.1. The Bertz CT molecular complexity index is 1980. The summed E-state index contributed by atoms with van der Waals surface area (Å²) < 4.78 is 5.34. The quantitative estimate of drug-likeness (QED) is 0.0972. The van der Waals surface area contributed by atoms with Crippen LogP contribution < -0.4 is 9.13 Å². The van der Waals surface area contributed by atoms with Gasteiger partial charge in [0.05, 0.1) is 16.5 Å². The molecule has 0 bridgehead atoms. The number of rotatable bonds is 11. The van der Waals surface area contributed by atoms with Crippen LogP contribution in [0.4, 0.5) is 0 Å². The molecule has 0 fully saturated rings. The largest absolute Gasteiger partial charge is 0.213 e. The summed E-state index contributed by atoms with van der Waals surface area (Å²) >= 11 is 0. The van der Waals surface area contributed by atoms with Crippen molar-refractivity contribution in [2.75, 3.05) is 0 Å². The molecule has 2 aliphatic rings. The summed E-state index contributed by atoms with van der Waals surface area (Å²) in [7, 11) is 0. The molecule has 3 atom stereocenters. The van der Waals surface area contributed by atoms with Crippen LogP contribution in [0.5, 0.6) is 0 Å². The van der Waals surface area contributed by atoms with Gasteiger partial charge in [-0.3, -0.25) is 0 Å². The van der Waals surface area contributed by atoms with Crippen molar-refractivity contribution in [3.8, 4) is 33.6 Å². The number of nitrogens with zero attached hydrogens (tertiary/aromatic N) is 2. The van der Waals surface area contributed by atoms with Gasteiger partial charge in [-0.15, -0.1) is 0 Å². The number of hydrogen-bond donors (Lipinski definition) is 0. The van der Waals surface area contributed by atoms with Crippen LogP contribution in [0, 0.1) is 11.8 Å². The van der Waals surface area contributed by atoms with E-state index in [1.807, 2.05) is 0 Å². The second-order valence-corrected chi connectivity index (χ2v) is 16.5. The summed E-state index contributed by atoms with van der Waals surface area (Å²) in [6, 6.07) is 37.7. The lowest BCUT2D eigenvalue weighted by Crippen LogP contribution is -2.72. The standard InChI is InChI=1S/C49H60N2/c1-8-11-13-18-36(6)30-38-25-27-50-34-45-41-24-23-40(39-19-14-12-15-20-39)33-43(41)47-32-37(29-35(4)5)26-28-51(47)48(45,7)49(9-2,10-3)44-22-17-16-21-42(44)46(50)31-38/h12,14-17,19-28,31-33,35-36,45H,8-11,13,18,29-30,34H2,1-7H3/q+2. The molecule has 2 heteroatoms. The summed E-state index contributed by atoms with van der Waals surface area (Å²) in [6.07, 6.45) is 14.5. The van der Waals surface area contributed by atoms with Gasteiger partial charge in [-0.25, -0.2) is 0 Å². The molecule has 2 aromatic heterocycles. The lowest BCUT2D eigenvalue weighted by molar-refractivity contribution is -0.784. The Morgan fingerprint density at radius 1 is 0.686 bits per heavy atom. The van der Waals surface area contributed by atoms with E-state index in [2.05, 4.69) is 167 Å². The van der Waals surface area contributed by atoms with Crippen molar-refractivity contribution in [1.82, 2.24) is 0 Å². The van der Waals surface area contributed by atoms with Crippen molar-refractivity contribution in [2.45, 2.75) is 123 Å². The highest BCUT2D eigenvalue weighted by atomic mass is 15.1. The second kappa shape index (κ2) is 14.5. The average molecular weight is 677 g/mol. The van der Waals surface area contributed by atoms with E-state index in [1.54, 1.807) is 0 Å². The number of aromatic nitrogens is 2. The van der Waals surface area contributed by atoms with Crippen molar-refractivity contribution >= 4 is 0 Å². The zero-order chi connectivity index (χ0) is 35.8. The second-order valence-electron chi connectivity index (χ2n) is 16.5. The molecule has 4 heterocycles. The maximum absolute atomic E-state index is 2.74. The Labute approximate surface area is 308 Å². The Morgan fingerprint density at radius 3 is 2.14 bits per heavy atom. The first-order valence-corrected chi connectivity index (χ1v) is 20.1. The molecular weight excluding hydrogens is 617 g/mol. The van der Waals surface area contributed by atoms with E-state index in [0.717, 1.165) is 32.2 Å². The topological polar surface area (TPSA) is 7.76 Å². The molecule has 0 saturated carbocycles. The lowest BCUT2D eigenvalue weighted by atomic mass is 9.53. The van der Waals surface area contributed by atoms with Crippen LogP contribution >= 0.6 is 0 Å². The molecule has 0 saturated heterocycles. The van der Waals surface area contributed by atoms with Crippen LogP contribution in [-0.4, -0.2) is 0 Å². The predicted molar refractivity (Wildman–Crippen MR) is 214 cm³/mol. The van der Waals surface area contributed by atoms with E-state index >= 15 is 0 Å². The lowest BCUT2D eigenvalue weighted by Gasteiger charge is -2.51. The Morgan fingerprint density at radius 2 is 1.39 bits per heavy atom. The number of pyridine rings is 2. The highest BCUT2D eigenvalue weighted by Crippen LogP contribution is 2.57. The minimum Gasteiger partial charge on any atom is -0.197 e. The molecule has 3 unspecified atom stereocenters. The van der Waals surface area contributed by atoms with E-state index < -0.39 is 0 Å². The fraction of sp³-hybridized carbons (Fsp3) is 0.429. The predicted octanol–water partition coefficient (Wildman–Crippen LogP) is 11.8. The summed E-state index contributed by atoms with van der Waals surface area (Å²) in [4.78, 5) is 0. The number of fused-ring (bicyclic) bond motifs is 9. The normalized spacial score (nSPS) is 19.2. The van der Waals surface area contributed by atoms with Crippen molar-refractivity contribution in [1.29, 1.82) is 0 Å². The third-order valence-corrected chi connectivity index (χ3v) is 12.9. The molecule has 0 spiro atoms. The van der Waals surface area contributed by atoms with Crippen molar-refractivity contribution < 1.29 is 9.13 Å². The van der Waals surface area contributed by atoms with Gasteiger partial charge >= 0.3 is 0 Å². The zero-order valence-corrected chi connectivity index (χ0v) is 32.4. The zero-order valence-electron chi connectivity index (χ0n) is 32.4. The van der Waals surface area contributed by atoms with E-state index in [4.69, 9.17) is 0 Å². The molecule has 0 amide bonds. The minimum absolute atomic E-state index is 0.0925. The summed E-state index contributed by atoms with van der Waals surface area (Å²) in [6.45, 7) is 17.9. The van der Waals surface area contributed by atoms with Crippen molar-refractivity contribution in [3.05, 3.63) is 132 Å². The third kappa shape index (κ3) is 6.17. The summed E-state index contributed by atoms with van der Waals surface area (Å²) in [5.74, 6) is 1.56. The Balaban J connectivity index is 1.47. The fourth-order valence-electron chi connectivity index (χ4n) is 10.2. The number of unbranched alkanes of at least 4 members (excludes halogenated alkanes) is 2. The minimum atomic E-state index is -0.212. The van der Waals surface area contributed by atoms with Gasteiger partial charge in [0.1, 0.15) is 5.92 Å². The van der Waals surface area contributed by atoms with Gasteiger partial charge in [0.15, 0.2) is 24.5 Å². The van der Waals surface area contributed by atoms with Gasteiger partial charge in [-0.2, -0.15) is 9.13 Å². The van der Waals surface area contributed by atoms with Gasteiger partial charge in [0.25, 0.3) is 0 Å². The summed E-state index contributed by atoms with van der Waals surface area (Å²) in [5.41, 5.74) is 13.7. The molecule has 0 N–H and O–H groups in total. The van der Waals surface area contributed by atoms with Gasteiger partial charge in [-0.1, -0.05) is 128 Å². The van der Waals surface area contributed by atoms with E-state index in [0.29, 0.717) is 11.8 Å². The van der Waals surface area contributed by atoms with Crippen molar-refractivity contribution in [2.24, 2.45) is 11.8 Å². The molecule has 2 nitrogen and oxygen atoms in total. The van der Waals surface area contributed by atoms with E-state index in [9.17, 15) is 0 Å². The first kappa shape index (κ1) is 35.4. The molecule has 2 aliphatic heterocycles. The molecule has 3 aromatic carbocycles. The average Bonchev–Trinajstić information content (AvgIpc) is 3.14. The van der Waals surface area contributed by atoms with Gasteiger partial charge < -0.3 is 0 Å². The number of hydrogen-bond acceptors (Lipinski definition) is 0. The highest BCUT2D eigenvalue weighted by molar-refractivity contribution is 5.75. The van der Waals surface area contributed by atoms with Crippen LogP contribution in [0.2, 0.25) is 0 Å². The first-order chi connectivity index (χ1) is 24.7. The maximum Gasteiger partial charge on any atom is 0.213 e. The van der Waals surface area contributed by atoms with Gasteiger partial charge in [0, 0.05) is 31.2 Å². The van der Waals surface area contributed by atoms with Crippen LogP contribution in [-0.2, 0) is 30.3 Å². The van der Waals surface area contributed by atoms with Crippen LogP contribution in [0.25, 0.3) is 33.6 Å². The maximum atomic E-state index is 2.74. The molecule has 0 aliphatic carbocycles. The third-order valence-electron chi connectivity index (χ3n) is 12.9. The van der Waals surface area contributed by atoms with Crippen LogP contribution in [0.15, 0.2) is 109 Å². The molecular formula is C49H60N2+2. The molecule has 5 aromatic rings. The van der Waals surface area contributed by atoms with Gasteiger partial charge in [-0.05, 0) is 83.0 Å². The summed E-state index contributed by atoms with van der Waals surface area (Å²) in [5, 5.41) is 0. The SMILES string of the molecule is CCCCCC(C)Cc1cc[n+]2c(c1)-c1ccccc1C(CC)(CC)C1(C)C(C2)c2ccc(-c3ccccc3)cc2-c2cc(CC(C)C)cc[n+]21. The Hall–Kier alpha value is -4.04. The fourth-order valence-corrected chi connectivity index (χ4v) is 10.2. The Kier molecular flexibility index (Phi) is 10.1. The molecule has 264 valence electrons. The van der Waals surface area contributed by atoms with Crippen LogP contribution in [0.3, 0.4) is 0 Å². The monoisotopic (exact) mass is 676 g/mol. The van der Waals surface area contributed by atoms with E-state index in [-0.39, 0.29) is 16.9 Å². The van der Waals surface area contributed by atoms with Crippen molar-refractivity contribution in [3.63, 3.8) is 0 Å². The molecule has 7 rings (SSSR count).